The van der Waals surface area contributed by atoms with Crippen LogP contribution in [0.4, 0.5) is 4.39 Å². The van der Waals surface area contributed by atoms with Crippen LogP contribution in [0.5, 0.6) is 0 Å². The highest BCUT2D eigenvalue weighted by Gasteiger charge is 2.16. The highest BCUT2D eigenvalue weighted by molar-refractivity contribution is 6.33. The molecule has 1 N–H and O–H groups in total. The standard InChI is InChI=1S/C20H15ClFNO4/c21-15-7-3-2-6-14(15)17-9-10-18(27-17)20(25)26-12-19(24)23-11-13-5-1-4-8-16(13)22/h1-10H,11-12H2,(H,23,24). The molecule has 5 nitrogen and oxygen atoms in total. The van der Waals surface area contributed by atoms with Gasteiger partial charge >= 0.3 is 5.97 Å². The first-order valence-electron chi connectivity index (χ1n) is 8.06. The Hall–Kier alpha value is -3.12. The smallest absolute Gasteiger partial charge is 0.374 e. The van der Waals surface area contributed by atoms with Gasteiger partial charge in [0.2, 0.25) is 5.76 Å². The van der Waals surface area contributed by atoms with Crippen LogP contribution in [-0.4, -0.2) is 18.5 Å². The molecule has 27 heavy (non-hydrogen) atoms. The zero-order chi connectivity index (χ0) is 19.2. The number of benzene rings is 2. The van der Waals surface area contributed by atoms with Crippen LogP contribution in [0.25, 0.3) is 11.3 Å². The number of amides is 1. The van der Waals surface area contributed by atoms with E-state index in [0.717, 1.165) is 0 Å². The van der Waals surface area contributed by atoms with E-state index in [9.17, 15) is 14.0 Å². The van der Waals surface area contributed by atoms with Crippen LogP contribution in [0.1, 0.15) is 16.1 Å². The van der Waals surface area contributed by atoms with Crippen LogP contribution in [0.15, 0.2) is 65.1 Å². The maximum absolute atomic E-state index is 13.5. The molecule has 0 aliphatic rings. The quantitative estimate of drug-likeness (QED) is 0.643. The average Bonchev–Trinajstić information content (AvgIpc) is 3.16. The van der Waals surface area contributed by atoms with Gasteiger partial charge in [-0.25, -0.2) is 9.18 Å². The van der Waals surface area contributed by atoms with Gasteiger partial charge in [0.05, 0.1) is 5.02 Å². The maximum Gasteiger partial charge on any atom is 0.374 e. The zero-order valence-corrected chi connectivity index (χ0v) is 14.8. The van der Waals surface area contributed by atoms with Crippen molar-refractivity contribution in [3.63, 3.8) is 0 Å². The predicted octanol–water partition coefficient (Wildman–Crippen LogP) is 4.21. The molecule has 0 spiro atoms. The minimum absolute atomic E-state index is 0.000460. The minimum atomic E-state index is -0.783. The van der Waals surface area contributed by atoms with Crippen LogP contribution in [0, 0.1) is 5.82 Å². The summed E-state index contributed by atoms with van der Waals surface area (Å²) in [5.41, 5.74) is 0.980. The first-order valence-corrected chi connectivity index (χ1v) is 8.44. The summed E-state index contributed by atoms with van der Waals surface area (Å²) in [4.78, 5) is 23.8. The van der Waals surface area contributed by atoms with Crippen molar-refractivity contribution in [3.05, 3.63) is 82.8 Å². The van der Waals surface area contributed by atoms with Gasteiger partial charge in [-0.15, -0.1) is 0 Å². The molecule has 0 saturated carbocycles. The molecule has 7 heteroatoms. The third-order valence-corrected chi connectivity index (χ3v) is 4.04. The van der Waals surface area contributed by atoms with Crippen molar-refractivity contribution < 1.29 is 23.1 Å². The molecular weight excluding hydrogens is 373 g/mol. The van der Waals surface area contributed by atoms with Crippen LogP contribution in [-0.2, 0) is 16.1 Å². The van der Waals surface area contributed by atoms with Crippen molar-refractivity contribution in [2.24, 2.45) is 0 Å². The Kier molecular flexibility index (Phi) is 5.88. The first kappa shape index (κ1) is 18.7. The van der Waals surface area contributed by atoms with Crippen LogP contribution < -0.4 is 5.32 Å². The van der Waals surface area contributed by atoms with Gasteiger partial charge in [-0.3, -0.25) is 4.79 Å². The van der Waals surface area contributed by atoms with Crippen LogP contribution in [0.2, 0.25) is 5.02 Å². The van der Waals surface area contributed by atoms with Crippen molar-refractivity contribution in [1.29, 1.82) is 0 Å². The SMILES string of the molecule is O=C(COC(=O)c1ccc(-c2ccccc2Cl)o1)NCc1ccccc1F. The molecule has 3 aromatic rings. The summed E-state index contributed by atoms with van der Waals surface area (Å²) < 4.78 is 23.9. The fourth-order valence-corrected chi connectivity index (χ4v) is 2.57. The largest absolute Gasteiger partial charge is 0.450 e. The van der Waals surface area contributed by atoms with E-state index in [4.69, 9.17) is 20.8 Å². The second kappa shape index (κ2) is 8.51. The molecule has 138 valence electrons. The van der Waals surface area contributed by atoms with E-state index in [1.807, 2.05) is 0 Å². The number of hydrogen-bond donors (Lipinski definition) is 1. The first-order chi connectivity index (χ1) is 13.0. The van der Waals surface area contributed by atoms with E-state index in [0.29, 0.717) is 21.9 Å². The number of rotatable bonds is 6. The van der Waals surface area contributed by atoms with Gasteiger partial charge in [0, 0.05) is 17.7 Å². The number of carbonyl (C=O) groups is 2. The van der Waals surface area contributed by atoms with Crippen LogP contribution >= 0.6 is 11.6 Å². The average molecular weight is 388 g/mol. The Morgan fingerprint density at radius 1 is 1.04 bits per heavy atom. The third-order valence-electron chi connectivity index (χ3n) is 3.71. The Morgan fingerprint density at radius 3 is 2.56 bits per heavy atom. The summed E-state index contributed by atoms with van der Waals surface area (Å²) in [5, 5.41) is 2.97. The lowest BCUT2D eigenvalue weighted by Crippen LogP contribution is -2.28. The summed E-state index contributed by atoms with van der Waals surface area (Å²) in [7, 11) is 0. The normalized spacial score (nSPS) is 10.4. The summed E-state index contributed by atoms with van der Waals surface area (Å²) in [6, 6.07) is 16.2. The molecule has 0 bridgehead atoms. The Morgan fingerprint density at radius 2 is 1.78 bits per heavy atom. The molecule has 0 aliphatic carbocycles. The Balaban J connectivity index is 1.53. The molecule has 1 amide bonds. The number of ether oxygens (including phenoxy) is 1. The van der Waals surface area contributed by atoms with E-state index < -0.39 is 24.3 Å². The topological polar surface area (TPSA) is 68.5 Å². The molecule has 0 fully saturated rings. The molecule has 2 aromatic carbocycles. The molecule has 1 aromatic heterocycles. The van der Waals surface area contributed by atoms with E-state index >= 15 is 0 Å². The van der Waals surface area contributed by atoms with Gasteiger partial charge in [-0.05, 0) is 30.3 Å². The fourth-order valence-electron chi connectivity index (χ4n) is 2.34. The Labute approximate surface area is 159 Å². The van der Waals surface area contributed by atoms with Crippen LogP contribution in [0.3, 0.4) is 0 Å². The Bertz CT molecular complexity index is 970. The van der Waals surface area contributed by atoms with Gasteiger partial charge in [0.25, 0.3) is 5.91 Å². The highest BCUT2D eigenvalue weighted by Crippen LogP contribution is 2.29. The molecule has 0 radical (unpaired) electrons. The van der Waals surface area contributed by atoms with Gasteiger partial charge in [-0.2, -0.15) is 0 Å². The number of nitrogens with one attached hydrogen (secondary N) is 1. The van der Waals surface area contributed by atoms with E-state index in [2.05, 4.69) is 5.32 Å². The molecular formula is C20H15ClFNO4. The number of carbonyl (C=O) groups excluding carboxylic acids is 2. The van der Waals surface area contributed by atoms with Gasteiger partial charge in [-0.1, -0.05) is 41.9 Å². The second-order valence-corrected chi connectivity index (χ2v) is 6.00. The lowest BCUT2D eigenvalue weighted by Gasteiger charge is -2.06. The predicted molar refractivity (Wildman–Crippen MR) is 97.7 cm³/mol. The molecule has 1 heterocycles. The third kappa shape index (κ3) is 4.74. The fraction of sp³-hybridized carbons (Fsp3) is 0.100. The van der Waals surface area contributed by atoms with E-state index in [1.165, 1.54) is 12.1 Å². The van der Waals surface area contributed by atoms with E-state index in [1.54, 1.807) is 48.5 Å². The van der Waals surface area contributed by atoms with Crippen molar-refractivity contribution in [1.82, 2.24) is 5.32 Å². The number of halogens is 2. The number of furan rings is 1. The maximum atomic E-state index is 13.5. The summed E-state index contributed by atoms with van der Waals surface area (Å²) in [6.45, 7) is -0.504. The molecule has 3 rings (SSSR count). The number of esters is 1. The van der Waals surface area contributed by atoms with Gasteiger partial charge < -0.3 is 14.5 Å². The monoisotopic (exact) mass is 387 g/mol. The van der Waals surface area contributed by atoms with Crippen molar-refractivity contribution >= 4 is 23.5 Å². The van der Waals surface area contributed by atoms with Crippen molar-refractivity contribution in [2.75, 3.05) is 6.61 Å². The molecule has 0 aliphatic heterocycles. The van der Waals surface area contributed by atoms with E-state index in [-0.39, 0.29) is 12.3 Å². The van der Waals surface area contributed by atoms with Crippen molar-refractivity contribution in [2.45, 2.75) is 6.54 Å². The highest BCUT2D eigenvalue weighted by atomic mass is 35.5. The molecule has 0 atom stereocenters. The van der Waals surface area contributed by atoms with Gasteiger partial charge in [0.15, 0.2) is 6.61 Å². The van der Waals surface area contributed by atoms with Crippen molar-refractivity contribution in [3.8, 4) is 11.3 Å². The molecule has 0 saturated heterocycles. The zero-order valence-electron chi connectivity index (χ0n) is 14.1. The van der Waals surface area contributed by atoms with Gasteiger partial charge in [0.1, 0.15) is 11.6 Å². The lowest BCUT2D eigenvalue weighted by atomic mass is 10.2. The number of hydrogen-bond acceptors (Lipinski definition) is 4. The summed E-state index contributed by atoms with van der Waals surface area (Å²) in [5.74, 6) is -1.39. The molecule has 0 unspecified atom stereocenters. The summed E-state index contributed by atoms with van der Waals surface area (Å²) in [6.07, 6.45) is 0. The lowest BCUT2D eigenvalue weighted by molar-refractivity contribution is -0.124. The minimum Gasteiger partial charge on any atom is -0.450 e. The summed E-state index contributed by atoms with van der Waals surface area (Å²) >= 11 is 6.09. The second-order valence-electron chi connectivity index (χ2n) is 5.59.